The monoisotopic (exact) mass is 397 g/mol. The number of ether oxygens (including phenoxy) is 1. The van der Waals surface area contributed by atoms with Gasteiger partial charge in [-0.25, -0.2) is 0 Å². The normalized spacial score (nSPS) is 11.4. The van der Waals surface area contributed by atoms with Gasteiger partial charge in [0.25, 0.3) is 0 Å². The van der Waals surface area contributed by atoms with Crippen molar-refractivity contribution in [2.75, 3.05) is 13.2 Å². The number of benzene rings is 1. The number of nitrogens with one attached hydrogen (secondary N) is 1. The number of halogens is 1. The van der Waals surface area contributed by atoms with Crippen molar-refractivity contribution in [3.63, 3.8) is 0 Å². The van der Waals surface area contributed by atoms with E-state index in [1.165, 1.54) is 24.8 Å². The van der Waals surface area contributed by atoms with Crippen molar-refractivity contribution in [3.8, 4) is 5.75 Å². The zero-order chi connectivity index (χ0) is 18.0. The molecular formula is C20H32BrNO2. The summed E-state index contributed by atoms with van der Waals surface area (Å²) in [5.41, 5.74) is 1.39. The van der Waals surface area contributed by atoms with Crippen LogP contribution in [0.3, 0.4) is 0 Å². The van der Waals surface area contributed by atoms with Crippen LogP contribution in [0.4, 0.5) is 0 Å². The number of hydrogen-bond acceptors (Lipinski definition) is 2. The van der Waals surface area contributed by atoms with E-state index in [2.05, 4.69) is 61.1 Å². The smallest absolute Gasteiger partial charge is 0.220 e. The summed E-state index contributed by atoms with van der Waals surface area (Å²) in [5.74, 6) is 0.959. The molecule has 1 aromatic rings. The van der Waals surface area contributed by atoms with Gasteiger partial charge >= 0.3 is 0 Å². The van der Waals surface area contributed by atoms with Crippen LogP contribution in [0.15, 0.2) is 22.7 Å². The molecule has 1 aromatic carbocycles. The van der Waals surface area contributed by atoms with E-state index in [0.717, 1.165) is 29.6 Å². The van der Waals surface area contributed by atoms with Crippen LogP contribution >= 0.6 is 15.9 Å². The zero-order valence-corrected chi connectivity index (χ0v) is 17.2. The highest BCUT2D eigenvalue weighted by atomic mass is 79.9. The molecule has 0 spiro atoms. The van der Waals surface area contributed by atoms with Gasteiger partial charge in [0.15, 0.2) is 0 Å². The molecule has 0 aromatic heterocycles. The maximum atomic E-state index is 11.7. The van der Waals surface area contributed by atoms with Crippen molar-refractivity contribution in [3.05, 3.63) is 28.2 Å². The van der Waals surface area contributed by atoms with Gasteiger partial charge in [-0.2, -0.15) is 0 Å². The summed E-state index contributed by atoms with van der Waals surface area (Å²) in [6, 6.07) is 6.21. The van der Waals surface area contributed by atoms with Crippen LogP contribution in [0.5, 0.6) is 5.75 Å². The lowest BCUT2D eigenvalue weighted by Gasteiger charge is -2.20. The average molecular weight is 398 g/mol. The molecule has 0 radical (unpaired) electrons. The van der Waals surface area contributed by atoms with E-state index in [9.17, 15) is 4.79 Å². The standard InChI is InChI=1S/C20H32BrNO2/c1-5-6-7-8-13-22-19(23)10-9-14-24-18-12-11-16(15-17(18)21)20(2,3)4/h11-12,15H,5-10,13-14H2,1-4H3,(H,22,23). The lowest BCUT2D eigenvalue weighted by atomic mass is 9.87. The number of rotatable bonds is 10. The second-order valence-electron chi connectivity index (χ2n) is 7.26. The number of hydrogen-bond donors (Lipinski definition) is 1. The van der Waals surface area contributed by atoms with Crippen LogP contribution in [-0.4, -0.2) is 19.1 Å². The van der Waals surface area contributed by atoms with E-state index in [4.69, 9.17) is 4.74 Å². The Morgan fingerprint density at radius 2 is 1.92 bits per heavy atom. The predicted molar refractivity (Wildman–Crippen MR) is 105 cm³/mol. The molecular weight excluding hydrogens is 366 g/mol. The maximum Gasteiger partial charge on any atom is 0.220 e. The van der Waals surface area contributed by atoms with Crippen LogP contribution in [0.1, 0.15) is 71.8 Å². The Morgan fingerprint density at radius 1 is 1.17 bits per heavy atom. The van der Waals surface area contributed by atoms with Crippen LogP contribution in [0.25, 0.3) is 0 Å². The molecule has 0 saturated heterocycles. The van der Waals surface area contributed by atoms with Crippen LogP contribution in [0, 0.1) is 0 Å². The van der Waals surface area contributed by atoms with E-state index < -0.39 is 0 Å². The minimum atomic E-state index is 0.121. The van der Waals surface area contributed by atoms with Gasteiger partial charge in [0.2, 0.25) is 5.91 Å². The SMILES string of the molecule is CCCCCCNC(=O)CCCOc1ccc(C(C)(C)C)cc1Br. The summed E-state index contributed by atoms with van der Waals surface area (Å²) in [7, 11) is 0. The predicted octanol–water partition coefficient (Wildman–Crippen LogP) is 5.60. The topological polar surface area (TPSA) is 38.3 Å². The van der Waals surface area contributed by atoms with Gasteiger partial charge in [0, 0.05) is 13.0 Å². The Labute approximate surface area is 155 Å². The Balaban J connectivity index is 2.24. The molecule has 0 aliphatic rings. The molecule has 0 aliphatic heterocycles. The molecule has 0 fully saturated rings. The number of carbonyl (C=O) groups is 1. The summed E-state index contributed by atoms with van der Waals surface area (Å²) in [6.07, 6.45) is 5.98. The minimum Gasteiger partial charge on any atom is -0.492 e. The number of carbonyl (C=O) groups excluding carboxylic acids is 1. The molecule has 0 bridgehead atoms. The summed E-state index contributed by atoms with van der Waals surface area (Å²) >= 11 is 3.57. The summed E-state index contributed by atoms with van der Waals surface area (Å²) in [6.45, 7) is 10.1. The third-order valence-corrected chi connectivity index (χ3v) is 4.58. The van der Waals surface area contributed by atoms with Gasteiger partial charge in [-0.15, -0.1) is 0 Å². The van der Waals surface area contributed by atoms with E-state index in [1.807, 2.05) is 6.07 Å². The Morgan fingerprint density at radius 3 is 2.54 bits per heavy atom. The molecule has 0 heterocycles. The van der Waals surface area contributed by atoms with Crippen molar-refractivity contribution in [1.29, 1.82) is 0 Å². The number of unbranched alkanes of at least 4 members (excludes halogenated alkanes) is 3. The quantitative estimate of drug-likeness (QED) is 0.521. The molecule has 0 unspecified atom stereocenters. The molecule has 136 valence electrons. The molecule has 1 rings (SSSR count). The van der Waals surface area contributed by atoms with E-state index in [-0.39, 0.29) is 11.3 Å². The van der Waals surface area contributed by atoms with Crippen LogP contribution in [0.2, 0.25) is 0 Å². The first-order valence-corrected chi connectivity index (χ1v) is 9.83. The van der Waals surface area contributed by atoms with Gasteiger partial charge < -0.3 is 10.1 Å². The first kappa shape index (κ1) is 21.0. The first-order chi connectivity index (χ1) is 11.3. The second-order valence-corrected chi connectivity index (χ2v) is 8.11. The first-order valence-electron chi connectivity index (χ1n) is 9.04. The molecule has 0 saturated carbocycles. The molecule has 3 nitrogen and oxygen atoms in total. The fraction of sp³-hybridized carbons (Fsp3) is 0.650. The Hall–Kier alpha value is -1.03. The fourth-order valence-electron chi connectivity index (χ4n) is 2.37. The van der Waals surface area contributed by atoms with Gasteiger partial charge in [0.1, 0.15) is 5.75 Å². The van der Waals surface area contributed by atoms with Gasteiger partial charge in [0.05, 0.1) is 11.1 Å². The molecule has 1 amide bonds. The largest absolute Gasteiger partial charge is 0.492 e. The third-order valence-electron chi connectivity index (χ3n) is 3.96. The Bertz CT molecular complexity index is 509. The fourth-order valence-corrected chi connectivity index (χ4v) is 2.86. The lowest BCUT2D eigenvalue weighted by molar-refractivity contribution is -0.121. The van der Waals surface area contributed by atoms with Crippen molar-refractivity contribution in [2.45, 2.75) is 71.6 Å². The van der Waals surface area contributed by atoms with Gasteiger partial charge in [-0.1, -0.05) is 53.0 Å². The van der Waals surface area contributed by atoms with Crippen LogP contribution in [-0.2, 0) is 10.2 Å². The molecule has 1 N–H and O–H groups in total. The van der Waals surface area contributed by atoms with E-state index in [0.29, 0.717) is 13.0 Å². The number of amides is 1. The molecule has 0 atom stereocenters. The lowest BCUT2D eigenvalue weighted by Crippen LogP contribution is -2.24. The van der Waals surface area contributed by atoms with Crippen molar-refractivity contribution < 1.29 is 9.53 Å². The van der Waals surface area contributed by atoms with Crippen molar-refractivity contribution in [1.82, 2.24) is 5.32 Å². The van der Waals surface area contributed by atoms with Gasteiger partial charge in [-0.05, 0) is 51.9 Å². The van der Waals surface area contributed by atoms with Crippen molar-refractivity contribution >= 4 is 21.8 Å². The highest BCUT2D eigenvalue weighted by Crippen LogP contribution is 2.31. The van der Waals surface area contributed by atoms with E-state index >= 15 is 0 Å². The molecule has 24 heavy (non-hydrogen) atoms. The van der Waals surface area contributed by atoms with Gasteiger partial charge in [-0.3, -0.25) is 4.79 Å². The molecule has 0 aliphatic carbocycles. The van der Waals surface area contributed by atoms with E-state index in [1.54, 1.807) is 0 Å². The zero-order valence-electron chi connectivity index (χ0n) is 15.6. The summed E-state index contributed by atoms with van der Waals surface area (Å²) in [4.78, 5) is 11.7. The maximum absolute atomic E-state index is 11.7. The summed E-state index contributed by atoms with van der Waals surface area (Å²) in [5, 5.41) is 2.97. The Kier molecular flexibility index (Phi) is 9.42. The summed E-state index contributed by atoms with van der Waals surface area (Å²) < 4.78 is 6.75. The van der Waals surface area contributed by atoms with Crippen molar-refractivity contribution in [2.24, 2.45) is 0 Å². The minimum absolute atomic E-state index is 0.121. The highest BCUT2D eigenvalue weighted by Gasteiger charge is 2.15. The van der Waals surface area contributed by atoms with Crippen LogP contribution < -0.4 is 10.1 Å². The second kappa shape index (κ2) is 10.8. The highest BCUT2D eigenvalue weighted by molar-refractivity contribution is 9.10. The average Bonchev–Trinajstić information content (AvgIpc) is 2.51. The third kappa shape index (κ3) is 8.18. The molecule has 4 heteroatoms.